The first-order valence-corrected chi connectivity index (χ1v) is 6.18. The van der Waals surface area contributed by atoms with Crippen LogP contribution < -0.4 is 5.32 Å². The molecule has 0 spiro atoms. The molecule has 2 aromatic carbocycles. The molecule has 0 fully saturated rings. The molecule has 84 valence electrons. The van der Waals surface area contributed by atoms with Gasteiger partial charge in [-0.25, -0.2) is 4.98 Å². The fraction of sp³-hybridized carbons (Fsp3) is 0.0769. The minimum atomic E-state index is 0.774. The number of nitrogens with one attached hydrogen (secondary N) is 1. The third kappa shape index (κ3) is 2.12. The van der Waals surface area contributed by atoms with E-state index in [-0.39, 0.29) is 0 Å². The standard InChI is InChI=1S/C13H11N3S/c1-2-7-12-10(4-1)5-3-6-11(12)8-14-13-15-9-16-17-13/h1-7,9H,8H2,(H,14,15,16). The maximum Gasteiger partial charge on any atom is 0.202 e. The molecular formula is C13H11N3S. The maximum atomic E-state index is 4.11. The number of benzene rings is 2. The van der Waals surface area contributed by atoms with Crippen molar-refractivity contribution in [3.05, 3.63) is 54.4 Å². The fourth-order valence-electron chi connectivity index (χ4n) is 1.87. The van der Waals surface area contributed by atoms with Gasteiger partial charge in [-0.3, -0.25) is 0 Å². The van der Waals surface area contributed by atoms with Gasteiger partial charge >= 0.3 is 0 Å². The number of fused-ring (bicyclic) bond motifs is 1. The van der Waals surface area contributed by atoms with Crippen LogP contribution in [0.2, 0.25) is 0 Å². The zero-order valence-electron chi connectivity index (χ0n) is 9.13. The summed E-state index contributed by atoms with van der Waals surface area (Å²) in [6.07, 6.45) is 1.57. The highest BCUT2D eigenvalue weighted by Crippen LogP contribution is 2.19. The van der Waals surface area contributed by atoms with E-state index in [1.165, 1.54) is 27.9 Å². The Morgan fingerprint density at radius 3 is 2.82 bits per heavy atom. The zero-order chi connectivity index (χ0) is 11.5. The van der Waals surface area contributed by atoms with E-state index < -0.39 is 0 Å². The molecule has 17 heavy (non-hydrogen) atoms. The largest absolute Gasteiger partial charge is 0.356 e. The average molecular weight is 241 g/mol. The predicted octanol–water partition coefficient (Wildman–Crippen LogP) is 3.30. The number of hydrogen-bond donors (Lipinski definition) is 1. The first kappa shape index (κ1) is 10.2. The summed E-state index contributed by atoms with van der Waals surface area (Å²) in [6, 6.07) is 14.7. The van der Waals surface area contributed by atoms with Gasteiger partial charge in [0.1, 0.15) is 6.33 Å². The molecule has 0 saturated carbocycles. The number of hydrogen-bond acceptors (Lipinski definition) is 4. The van der Waals surface area contributed by atoms with Gasteiger partial charge < -0.3 is 5.32 Å². The second kappa shape index (κ2) is 4.51. The number of nitrogens with zero attached hydrogens (tertiary/aromatic N) is 2. The lowest BCUT2D eigenvalue weighted by molar-refractivity contribution is 1.15. The summed E-state index contributed by atoms with van der Waals surface area (Å²) in [6.45, 7) is 0.774. The van der Waals surface area contributed by atoms with Gasteiger partial charge in [-0.1, -0.05) is 42.5 Å². The van der Waals surface area contributed by atoms with Crippen LogP contribution in [0.1, 0.15) is 5.56 Å². The van der Waals surface area contributed by atoms with E-state index in [1.54, 1.807) is 6.33 Å². The van der Waals surface area contributed by atoms with Crippen LogP contribution in [0.4, 0.5) is 5.13 Å². The Morgan fingerprint density at radius 1 is 1.06 bits per heavy atom. The van der Waals surface area contributed by atoms with Crippen molar-refractivity contribution < 1.29 is 0 Å². The summed E-state index contributed by atoms with van der Waals surface area (Å²) in [5, 5.41) is 6.69. The molecule has 0 bridgehead atoms. The zero-order valence-corrected chi connectivity index (χ0v) is 9.95. The van der Waals surface area contributed by atoms with Crippen LogP contribution in [0.5, 0.6) is 0 Å². The van der Waals surface area contributed by atoms with E-state index in [2.05, 4.69) is 57.1 Å². The Kier molecular flexibility index (Phi) is 2.71. The van der Waals surface area contributed by atoms with Crippen molar-refractivity contribution in [1.82, 2.24) is 9.36 Å². The van der Waals surface area contributed by atoms with Gasteiger partial charge in [0.05, 0.1) is 0 Å². The van der Waals surface area contributed by atoms with Crippen molar-refractivity contribution in [1.29, 1.82) is 0 Å². The monoisotopic (exact) mass is 241 g/mol. The van der Waals surface area contributed by atoms with Gasteiger partial charge in [-0.05, 0) is 16.3 Å². The van der Waals surface area contributed by atoms with Crippen molar-refractivity contribution in [3.8, 4) is 0 Å². The highest BCUT2D eigenvalue weighted by molar-refractivity contribution is 7.09. The molecule has 0 atom stereocenters. The van der Waals surface area contributed by atoms with Crippen LogP contribution >= 0.6 is 11.5 Å². The molecule has 0 saturated heterocycles. The highest BCUT2D eigenvalue weighted by atomic mass is 32.1. The fourth-order valence-corrected chi connectivity index (χ4v) is 2.29. The number of aromatic nitrogens is 2. The molecule has 1 heterocycles. The number of rotatable bonds is 3. The lowest BCUT2D eigenvalue weighted by Crippen LogP contribution is -1.99. The van der Waals surface area contributed by atoms with Gasteiger partial charge in [-0.2, -0.15) is 4.37 Å². The van der Waals surface area contributed by atoms with Crippen LogP contribution in [0, 0.1) is 0 Å². The lowest BCUT2D eigenvalue weighted by Gasteiger charge is -2.06. The molecule has 0 aliphatic heterocycles. The Morgan fingerprint density at radius 2 is 1.94 bits per heavy atom. The quantitative estimate of drug-likeness (QED) is 0.764. The lowest BCUT2D eigenvalue weighted by atomic mass is 10.0. The van der Waals surface area contributed by atoms with Crippen LogP contribution in [0.3, 0.4) is 0 Å². The van der Waals surface area contributed by atoms with Gasteiger partial charge in [-0.15, -0.1) is 0 Å². The van der Waals surface area contributed by atoms with Crippen molar-refractivity contribution >= 4 is 27.4 Å². The number of anilines is 1. The molecule has 1 N–H and O–H groups in total. The van der Waals surface area contributed by atoms with E-state index in [0.29, 0.717) is 0 Å². The first-order valence-electron chi connectivity index (χ1n) is 5.41. The molecular weight excluding hydrogens is 230 g/mol. The predicted molar refractivity (Wildman–Crippen MR) is 71.2 cm³/mol. The molecule has 3 aromatic rings. The minimum absolute atomic E-state index is 0.774. The van der Waals surface area contributed by atoms with Crippen LogP contribution in [0.25, 0.3) is 10.8 Å². The summed E-state index contributed by atoms with van der Waals surface area (Å²) >= 11 is 1.38. The molecule has 0 amide bonds. The Balaban J connectivity index is 1.90. The summed E-state index contributed by atoms with van der Waals surface area (Å²) in [5.41, 5.74) is 1.28. The molecule has 3 nitrogen and oxygen atoms in total. The SMILES string of the molecule is c1ccc2c(CNc3ncns3)cccc2c1. The minimum Gasteiger partial charge on any atom is -0.356 e. The molecule has 0 aliphatic carbocycles. The maximum absolute atomic E-state index is 4.11. The molecule has 0 aliphatic rings. The Labute approximate surface area is 103 Å². The topological polar surface area (TPSA) is 37.8 Å². The average Bonchev–Trinajstić information content (AvgIpc) is 2.89. The van der Waals surface area contributed by atoms with E-state index >= 15 is 0 Å². The van der Waals surface area contributed by atoms with Crippen LogP contribution in [-0.4, -0.2) is 9.36 Å². The van der Waals surface area contributed by atoms with Gasteiger partial charge in [0, 0.05) is 18.1 Å². The normalized spacial score (nSPS) is 10.6. The third-order valence-corrected chi connectivity index (χ3v) is 3.29. The smallest absolute Gasteiger partial charge is 0.202 e. The Hall–Kier alpha value is -1.94. The van der Waals surface area contributed by atoms with Gasteiger partial charge in [0.15, 0.2) is 0 Å². The van der Waals surface area contributed by atoms with Crippen molar-refractivity contribution in [2.24, 2.45) is 0 Å². The van der Waals surface area contributed by atoms with Gasteiger partial charge in [0.2, 0.25) is 5.13 Å². The summed E-state index contributed by atoms with van der Waals surface area (Å²) < 4.78 is 3.96. The summed E-state index contributed by atoms with van der Waals surface area (Å²) in [4.78, 5) is 4.11. The van der Waals surface area contributed by atoms with E-state index in [1.807, 2.05) is 0 Å². The first-order chi connectivity index (χ1) is 8.43. The van der Waals surface area contributed by atoms with Crippen molar-refractivity contribution in [2.75, 3.05) is 5.32 Å². The van der Waals surface area contributed by atoms with E-state index in [0.717, 1.165) is 11.7 Å². The van der Waals surface area contributed by atoms with E-state index in [9.17, 15) is 0 Å². The van der Waals surface area contributed by atoms with Crippen LogP contribution in [0.15, 0.2) is 48.8 Å². The third-order valence-electron chi connectivity index (χ3n) is 2.67. The van der Waals surface area contributed by atoms with E-state index in [4.69, 9.17) is 0 Å². The highest BCUT2D eigenvalue weighted by Gasteiger charge is 2.01. The molecule has 3 rings (SSSR count). The van der Waals surface area contributed by atoms with Crippen LogP contribution in [-0.2, 0) is 6.54 Å². The second-order valence-electron chi connectivity index (χ2n) is 3.74. The molecule has 0 radical (unpaired) electrons. The molecule has 4 heteroatoms. The second-order valence-corrected chi connectivity index (χ2v) is 4.52. The van der Waals surface area contributed by atoms with Gasteiger partial charge in [0.25, 0.3) is 0 Å². The summed E-state index contributed by atoms with van der Waals surface area (Å²) in [5.74, 6) is 0. The molecule has 0 unspecified atom stereocenters. The van der Waals surface area contributed by atoms with Crippen molar-refractivity contribution in [3.63, 3.8) is 0 Å². The Bertz CT molecular complexity index is 614. The van der Waals surface area contributed by atoms with Crippen molar-refractivity contribution in [2.45, 2.75) is 6.54 Å². The summed E-state index contributed by atoms with van der Waals surface area (Å²) in [7, 11) is 0. The molecule has 1 aromatic heterocycles.